The lowest BCUT2D eigenvalue weighted by Crippen LogP contribution is -2.46. The van der Waals surface area contributed by atoms with Gasteiger partial charge in [0.05, 0.1) is 6.04 Å². The van der Waals surface area contributed by atoms with E-state index in [9.17, 15) is 4.79 Å². The van der Waals surface area contributed by atoms with Crippen LogP contribution >= 0.6 is 0 Å². The van der Waals surface area contributed by atoms with Gasteiger partial charge in [0.1, 0.15) is 0 Å². The Hall–Kier alpha value is -1.35. The number of primary amides is 1. The van der Waals surface area contributed by atoms with Gasteiger partial charge in [-0.25, -0.2) is 0 Å². The fraction of sp³-hybridized carbons (Fsp3) is 0.500. The second-order valence-electron chi connectivity index (χ2n) is 5.15. The number of nitrogens with zero attached hydrogens (tertiary/aromatic N) is 1. The zero-order valence-corrected chi connectivity index (χ0v) is 9.93. The van der Waals surface area contributed by atoms with Crippen LogP contribution < -0.4 is 5.73 Å². The summed E-state index contributed by atoms with van der Waals surface area (Å²) in [7, 11) is 0. The van der Waals surface area contributed by atoms with Crippen LogP contribution in [0.15, 0.2) is 30.3 Å². The molecule has 1 atom stereocenters. The molecule has 1 aliphatic carbocycles. The van der Waals surface area contributed by atoms with E-state index in [-0.39, 0.29) is 17.5 Å². The molecular formula is C14H18N2O. The van der Waals surface area contributed by atoms with Crippen molar-refractivity contribution >= 4 is 5.91 Å². The highest BCUT2D eigenvalue weighted by atomic mass is 16.1. The van der Waals surface area contributed by atoms with E-state index in [0.29, 0.717) is 0 Å². The first kappa shape index (κ1) is 10.8. The number of nitrogens with two attached hydrogens (primary N) is 1. The van der Waals surface area contributed by atoms with Crippen molar-refractivity contribution in [2.24, 2.45) is 5.73 Å². The van der Waals surface area contributed by atoms with Gasteiger partial charge in [0, 0.05) is 5.54 Å². The van der Waals surface area contributed by atoms with Gasteiger partial charge < -0.3 is 5.73 Å². The molecule has 0 unspecified atom stereocenters. The van der Waals surface area contributed by atoms with Gasteiger partial charge in [-0.1, -0.05) is 30.3 Å². The number of amides is 1. The monoisotopic (exact) mass is 230 g/mol. The number of hydrogen-bond acceptors (Lipinski definition) is 2. The topological polar surface area (TPSA) is 46.3 Å². The lowest BCUT2D eigenvalue weighted by atomic mass is 10.0. The molecule has 2 fully saturated rings. The zero-order valence-electron chi connectivity index (χ0n) is 9.93. The predicted octanol–water partition coefficient (Wildman–Crippen LogP) is 1.63. The van der Waals surface area contributed by atoms with Gasteiger partial charge in [0.25, 0.3) is 0 Å². The third kappa shape index (κ3) is 1.65. The highest BCUT2D eigenvalue weighted by Gasteiger charge is 2.53. The summed E-state index contributed by atoms with van der Waals surface area (Å²) in [5, 5.41) is 0. The molecule has 2 aliphatic rings. The van der Waals surface area contributed by atoms with Gasteiger partial charge in [0.15, 0.2) is 0 Å². The molecule has 1 saturated carbocycles. The van der Waals surface area contributed by atoms with Crippen molar-refractivity contribution in [1.29, 1.82) is 0 Å². The van der Waals surface area contributed by atoms with Crippen LogP contribution in [0.3, 0.4) is 0 Å². The Morgan fingerprint density at radius 1 is 1.29 bits per heavy atom. The van der Waals surface area contributed by atoms with Crippen LogP contribution in [0.25, 0.3) is 0 Å². The van der Waals surface area contributed by atoms with E-state index in [4.69, 9.17) is 5.73 Å². The molecule has 3 nitrogen and oxygen atoms in total. The highest BCUT2D eigenvalue weighted by molar-refractivity contribution is 5.80. The van der Waals surface area contributed by atoms with E-state index in [1.54, 1.807) is 0 Å². The number of carbonyl (C=O) groups excluding carboxylic acids is 1. The lowest BCUT2D eigenvalue weighted by Gasteiger charge is -2.32. The van der Waals surface area contributed by atoms with Crippen LogP contribution in [-0.4, -0.2) is 23.4 Å². The second kappa shape index (κ2) is 3.84. The van der Waals surface area contributed by atoms with Crippen LogP contribution in [0.5, 0.6) is 0 Å². The fourth-order valence-electron chi connectivity index (χ4n) is 3.18. The molecule has 17 heavy (non-hydrogen) atoms. The third-order valence-electron chi connectivity index (χ3n) is 4.17. The van der Waals surface area contributed by atoms with Gasteiger partial charge in [-0.3, -0.25) is 9.69 Å². The van der Waals surface area contributed by atoms with Gasteiger partial charge in [-0.05, 0) is 37.8 Å². The summed E-state index contributed by atoms with van der Waals surface area (Å²) in [6, 6.07) is 10.5. The van der Waals surface area contributed by atoms with Crippen molar-refractivity contribution in [2.45, 2.75) is 37.3 Å². The first-order valence-corrected chi connectivity index (χ1v) is 6.36. The number of hydrogen-bond donors (Lipinski definition) is 1. The largest absolute Gasteiger partial charge is 0.368 e. The van der Waals surface area contributed by atoms with Gasteiger partial charge in [0.2, 0.25) is 5.91 Å². The van der Waals surface area contributed by atoms with Crippen LogP contribution in [0.2, 0.25) is 0 Å². The molecular weight excluding hydrogens is 212 g/mol. The molecule has 1 saturated heterocycles. The van der Waals surface area contributed by atoms with Crippen molar-refractivity contribution in [2.75, 3.05) is 6.54 Å². The SMILES string of the molecule is NC(=O)[C@H]1CCCN1C1(c2ccccc2)CC1. The third-order valence-corrected chi connectivity index (χ3v) is 4.17. The van der Waals surface area contributed by atoms with Crippen molar-refractivity contribution in [3.05, 3.63) is 35.9 Å². The van der Waals surface area contributed by atoms with Crippen molar-refractivity contribution in [3.8, 4) is 0 Å². The van der Waals surface area contributed by atoms with E-state index in [0.717, 1.165) is 32.2 Å². The Morgan fingerprint density at radius 3 is 2.59 bits per heavy atom. The van der Waals surface area contributed by atoms with E-state index in [1.807, 2.05) is 6.07 Å². The van der Waals surface area contributed by atoms with E-state index < -0.39 is 0 Å². The van der Waals surface area contributed by atoms with Gasteiger partial charge >= 0.3 is 0 Å². The number of likely N-dealkylation sites (tertiary alicyclic amines) is 1. The molecule has 3 rings (SSSR count). The summed E-state index contributed by atoms with van der Waals surface area (Å²) in [6.45, 7) is 1.00. The molecule has 1 heterocycles. The Bertz CT molecular complexity index is 425. The van der Waals surface area contributed by atoms with Crippen LogP contribution in [0, 0.1) is 0 Å². The molecule has 1 aliphatic heterocycles. The summed E-state index contributed by atoms with van der Waals surface area (Å²) >= 11 is 0. The van der Waals surface area contributed by atoms with E-state index >= 15 is 0 Å². The Morgan fingerprint density at radius 2 is 2.00 bits per heavy atom. The normalized spacial score (nSPS) is 26.9. The van der Waals surface area contributed by atoms with Crippen LogP contribution in [0.4, 0.5) is 0 Å². The smallest absolute Gasteiger partial charge is 0.234 e. The van der Waals surface area contributed by atoms with Crippen LogP contribution in [-0.2, 0) is 10.3 Å². The maximum absolute atomic E-state index is 11.5. The first-order valence-electron chi connectivity index (χ1n) is 6.36. The molecule has 1 amide bonds. The lowest BCUT2D eigenvalue weighted by molar-refractivity contribution is -0.123. The van der Waals surface area contributed by atoms with Gasteiger partial charge in [-0.2, -0.15) is 0 Å². The standard InChI is InChI=1S/C14H18N2O/c15-13(17)12-7-4-10-16(12)14(8-9-14)11-5-2-1-3-6-11/h1-3,5-6,12H,4,7-10H2,(H2,15,17)/t12-/m1/s1. The maximum atomic E-state index is 11.5. The summed E-state index contributed by atoms with van der Waals surface area (Å²) in [4.78, 5) is 13.8. The summed E-state index contributed by atoms with van der Waals surface area (Å²) in [5.41, 5.74) is 6.96. The Labute approximate surface area is 102 Å². The molecule has 0 spiro atoms. The molecule has 1 aromatic rings. The fourth-order valence-corrected chi connectivity index (χ4v) is 3.18. The molecule has 0 aromatic heterocycles. The minimum absolute atomic E-state index is 0.0577. The predicted molar refractivity (Wildman–Crippen MR) is 66.3 cm³/mol. The molecule has 1 aromatic carbocycles. The quantitative estimate of drug-likeness (QED) is 0.857. The van der Waals surface area contributed by atoms with E-state index in [1.165, 1.54) is 5.56 Å². The number of rotatable bonds is 3. The summed E-state index contributed by atoms with van der Waals surface area (Å²) < 4.78 is 0. The zero-order chi connectivity index (χ0) is 11.9. The molecule has 90 valence electrons. The maximum Gasteiger partial charge on any atom is 0.234 e. The van der Waals surface area contributed by atoms with Gasteiger partial charge in [-0.15, -0.1) is 0 Å². The minimum atomic E-state index is -0.162. The Kier molecular flexibility index (Phi) is 2.44. The molecule has 0 bridgehead atoms. The summed E-state index contributed by atoms with van der Waals surface area (Å²) in [6.07, 6.45) is 4.31. The minimum Gasteiger partial charge on any atom is -0.368 e. The van der Waals surface area contributed by atoms with Crippen molar-refractivity contribution < 1.29 is 4.79 Å². The average molecular weight is 230 g/mol. The van der Waals surface area contributed by atoms with Crippen LogP contribution in [0.1, 0.15) is 31.2 Å². The first-order chi connectivity index (χ1) is 8.24. The molecule has 2 N–H and O–H groups in total. The molecule has 3 heteroatoms. The number of carbonyl (C=O) groups is 1. The average Bonchev–Trinajstić information content (AvgIpc) is 3.00. The van der Waals surface area contributed by atoms with E-state index in [2.05, 4.69) is 29.2 Å². The van der Waals surface area contributed by atoms with Crippen molar-refractivity contribution in [1.82, 2.24) is 4.90 Å². The second-order valence-corrected chi connectivity index (χ2v) is 5.15. The Balaban J connectivity index is 1.91. The molecule has 0 radical (unpaired) electrons. The summed E-state index contributed by atoms with van der Waals surface area (Å²) in [5.74, 6) is -0.162. The number of benzene rings is 1. The highest BCUT2D eigenvalue weighted by Crippen LogP contribution is 2.53. The van der Waals surface area contributed by atoms with Crippen molar-refractivity contribution in [3.63, 3.8) is 0 Å².